The van der Waals surface area contributed by atoms with Crippen LogP contribution in [0.5, 0.6) is 0 Å². The Morgan fingerprint density at radius 2 is 1.81 bits per heavy atom. The van der Waals surface area contributed by atoms with Crippen molar-refractivity contribution < 1.29 is 0 Å². The van der Waals surface area contributed by atoms with Gasteiger partial charge in [0, 0.05) is 37.4 Å². The average Bonchev–Trinajstić information content (AvgIpc) is 2.85. The zero-order valence-corrected chi connectivity index (χ0v) is 20.2. The standard InChI is InChI=1S/C25H43N7/c1-3-26-24(29-22-10-17-31(18-11-22)23-9-5-6-14-27-23)28-21-25(12-19-30(2)20-13-25)32-15-7-4-8-16-32/h5-6,9,14,22H,3-4,7-8,10-13,15-21H2,1-2H3,(H2,26,28,29). The molecule has 0 amide bonds. The molecule has 0 spiro atoms. The number of guanidine groups is 1. The molecule has 3 fully saturated rings. The molecular formula is C25H43N7. The van der Waals surface area contributed by atoms with Crippen LogP contribution in [0.3, 0.4) is 0 Å². The van der Waals surface area contributed by atoms with Gasteiger partial charge in [-0.1, -0.05) is 12.5 Å². The van der Waals surface area contributed by atoms with Crippen molar-refractivity contribution in [1.82, 2.24) is 25.4 Å². The molecule has 7 heteroatoms. The minimum atomic E-state index is 0.234. The quantitative estimate of drug-likeness (QED) is 0.523. The summed E-state index contributed by atoms with van der Waals surface area (Å²) < 4.78 is 0. The van der Waals surface area contributed by atoms with Gasteiger partial charge in [0.1, 0.15) is 5.82 Å². The van der Waals surface area contributed by atoms with Crippen LogP contribution in [0.15, 0.2) is 29.4 Å². The summed E-state index contributed by atoms with van der Waals surface area (Å²) in [6, 6.07) is 6.64. The van der Waals surface area contributed by atoms with Gasteiger partial charge in [0.05, 0.1) is 6.54 Å². The number of nitrogens with one attached hydrogen (secondary N) is 2. The molecule has 0 saturated carbocycles. The summed E-state index contributed by atoms with van der Waals surface area (Å²) in [5, 5.41) is 7.29. The molecule has 3 aliphatic heterocycles. The van der Waals surface area contributed by atoms with Crippen molar-refractivity contribution in [1.29, 1.82) is 0 Å². The summed E-state index contributed by atoms with van der Waals surface area (Å²) in [5.74, 6) is 2.09. The predicted molar refractivity (Wildman–Crippen MR) is 133 cm³/mol. The zero-order chi connectivity index (χ0) is 22.2. The Balaban J connectivity index is 1.37. The SMILES string of the molecule is CCNC(=NCC1(N2CCCCC2)CCN(C)CC1)NC1CCN(c2ccccn2)CC1. The van der Waals surface area contributed by atoms with Crippen molar-refractivity contribution in [2.45, 2.75) is 63.5 Å². The van der Waals surface area contributed by atoms with Crippen LogP contribution in [0.4, 0.5) is 5.82 Å². The van der Waals surface area contributed by atoms with Gasteiger partial charge in [-0.05, 0) is 90.8 Å². The number of anilines is 1. The van der Waals surface area contributed by atoms with Gasteiger partial charge in [-0.15, -0.1) is 0 Å². The fourth-order valence-corrected chi connectivity index (χ4v) is 5.51. The van der Waals surface area contributed by atoms with Crippen molar-refractivity contribution in [3.63, 3.8) is 0 Å². The highest BCUT2D eigenvalue weighted by molar-refractivity contribution is 5.80. The van der Waals surface area contributed by atoms with Gasteiger partial charge in [0.15, 0.2) is 5.96 Å². The molecule has 0 atom stereocenters. The lowest BCUT2D eigenvalue weighted by Gasteiger charge is -2.49. The smallest absolute Gasteiger partial charge is 0.191 e. The van der Waals surface area contributed by atoms with Crippen LogP contribution < -0.4 is 15.5 Å². The molecule has 4 rings (SSSR count). The van der Waals surface area contributed by atoms with Crippen LogP contribution in [0.2, 0.25) is 0 Å². The molecule has 3 aliphatic rings. The molecule has 0 bridgehead atoms. The first-order valence-electron chi connectivity index (χ1n) is 12.8. The molecule has 0 aliphatic carbocycles. The number of hydrogen-bond acceptors (Lipinski definition) is 5. The number of rotatable bonds is 6. The van der Waals surface area contributed by atoms with Gasteiger partial charge in [-0.2, -0.15) is 0 Å². The summed E-state index contributed by atoms with van der Waals surface area (Å²) in [6.07, 6.45) is 10.6. The van der Waals surface area contributed by atoms with Gasteiger partial charge in [-0.25, -0.2) is 4.98 Å². The summed E-state index contributed by atoms with van der Waals surface area (Å²) in [5.41, 5.74) is 0.234. The van der Waals surface area contributed by atoms with Crippen LogP contribution in [0.25, 0.3) is 0 Å². The first kappa shape index (κ1) is 23.3. The number of piperidine rings is 3. The minimum Gasteiger partial charge on any atom is -0.357 e. The Hall–Kier alpha value is -1.86. The van der Waals surface area contributed by atoms with E-state index in [1.807, 2.05) is 12.3 Å². The second-order valence-corrected chi connectivity index (χ2v) is 9.86. The van der Waals surface area contributed by atoms with Gasteiger partial charge in [0.2, 0.25) is 0 Å². The lowest BCUT2D eigenvalue weighted by molar-refractivity contribution is 0.0208. The lowest BCUT2D eigenvalue weighted by Crippen LogP contribution is -2.58. The van der Waals surface area contributed by atoms with Crippen LogP contribution in [-0.4, -0.2) is 91.7 Å². The topological polar surface area (TPSA) is 59.0 Å². The van der Waals surface area contributed by atoms with E-state index >= 15 is 0 Å². The highest BCUT2D eigenvalue weighted by Gasteiger charge is 2.39. The second-order valence-electron chi connectivity index (χ2n) is 9.86. The first-order chi connectivity index (χ1) is 15.7. The number of pyridine rings is 1. The van der Waals surface area contributed by atoms with E-state index in [-0.39, 0.29) is 5.54 Å². The van der Waals surface area contributed by atoms with Crippen molar-refractivity contribution in [3.05, 3.63) is 24.4 Å². The normalized spacial score (nSPS) is 23.8. The van der Waals surface area contributed by atoms with Gasteiger partial charge in [0.25, 0.3) is 0 Å². The fraction of sp³-hybridized carbons (Fsp3) is 0.760. The van der Waals surface area contributed by atoms with E-state index < -0.39 is 0 Å². The van der Waals surface area contributed by atoms with Crippen molar-refractivity contribution >= 4 is 11.8 Å². The molecule has 0 radical (unpaired) electrons. The van der Waals surface area contributed by atoms with E-state index in [0.717, 1.165) is 50.8 Å². The highest BCUT2D eigenvalue weighted by Crippen LogP contribution is 2.31. The van der Waals surface area contributed by atoms with E-state index in [1.54, 1.807) is 0 Å². The highest BCUT2D eigenvalue weighted by atomic mass is 15.3. The van der Waals surface area contributed by atoms with Crippen LogP contribution in [-0.2, 0) is 0 Å². The Kier molecular flexibility index (Phi) is 8.25. The molecule has 0 unspecified atom stereocenters. The first-order valence-corrected chi connectivity index (χ1v) is 12.8. The van der Waals surface area contributed by atoms with Crippen LogP contribution in [0.1, 0.15) is 51.9 Å². The average molecular weight is 442 g/mol. The van der Waals surface area contributed by atoms with Crippen LogP contribution >= 0.6 is 0 Å². The van der Waals surface area contributed by atoms with E-state index in [0.29, 0.717) is 6.04 Å². The maximum Gasteiger partial charge on any atom is 0.191 e. The number of likely N-dealkylation sites (tertiary alicyclic amines) is 2. The third-order valence-electron chi connectivity index (χ3n) is 7.63. The Morgan fingerprint density at radius 1 is 1.06 bits per heavy atom. The number of hydrogen-bond donors (Lipinski definition) is 2. The second kappa shape index (κ2) is 11.3. The molecular weight excluding hydrogens is 398 g/mol. The molecule has 4 heterocycles. The molecule has 2 N–H and O–H groups in total. The maximum atomic E-state index is 5.19. The minimum absolute atomic E-state index is 0.234. The summed E-state index contributed by atoms with van der Waals surface area (Å²) >= 11 is 0. The van der Waals surface area contributed by atoms with E-state index in [9.17, 15) is 0 Å². The zero-order valence-electron chi connectivity index (χ0n) is 20.2. The third kappa shape index (κ3) is 5.93. The predicted octanol–water partition coefficient (Wildman–Crippen LogP) is 2.56. The summed E-state index contributed by atoms with van der Waals surface area (Å²) in [6.45, 7) is 10.9. The largest absolute Gasteiger partial charge is 0.357 e. The number of aliphatic imine (C=N–C) groups is 1. The Bertz CT molecular complexity index is 700. The van der Waals surface area contributed by atoms with Crippen molar-refractivity contribution in [3.8, 4) is 0 Å². The van der Waals surface area contributed by atoms with E-state index in [4.69, 9.17) is 4.99 Å². The summed E-state index contributed by atoms with van der Waals surface area (Å²) in [7, 11) is 2.26. The lowest BCUT2D eigenvalue weighted by atomic mass is 9.84. The molecule has 178 valence electrons. The molecule has 7 nitrogen and oxygen atoms in total. The van der Waals surface area contributed by atoms with Gasteiger partial charge in [-0.3, -0.25) is 9.89 Å². The third-order valence-corrected chi connectivity index (χ3v) is 7.63. The van der Waals surface area contributed by atoms with Gasteiger partial charge < -0.3 is 20.4 Å². The van der Waals surface area contributed by atoms with Crippen LogP contribution in [0, 0.1) is 0 Å². The monoisotopic (exact) mass is 441 g/mol. The van der Waals surface area contributed by atoms with E-state index in [2.05, 4.69) is 56.4 Å². The molecule has 1 aromatic rings. The van der Waals surface area contributed by atoms with Crippen molar-refractivity contribution in [2.24, 2.45) is 4.99 Å². The number of nitrogens with zero attached hydrogens (tertiary/aromatic N) is 5. The summed E-state index contributed by atoms with van der Waals surface area (Å²) in [4.78, 5) is 17.4. The van der Waals surface area contributed by atoms with Gasteiger partial charge >= 0.3 is 0 Å². The molecule has 3 saturated heterocycles. The molecule has 0 aromatic carbocycles. The molecule has 1 aromatic heterocycles. The van der Waals surface area contributed by atoms with Crippen molar-refractivity contribution in [2.75, 3.05) is 64.3 Å². The number of aromatic nitrogens is 1. The Labute approximate surface area is 194 Å². The fourth-order valence-electron chi connectivity index (χ4n) is 5.51. The maximum absolute atomic E-state index is 5.19. The van der Waals surface area contributed by atoms with E-state index in [1.165, 1.54) is 58.3 Å². The molecule has 32 heavy (non-hydrogen) atoms. The Morgan fingerprint density at radius 3 is 2.47 bits per heavy atom.